The lowest BCUT2D eigenvalue weighted by molar-refractivity contribution is 0.170. The minimum absolute atomic E-state index is 0. The Labute approximate surface area is 168 Å². The molecule has 2 aromatic rings. The number of halogens is 1. The smallest absolute Gasteiger partial charge is 0.130 e. The summed E-state index contributed by atoms with van der Waals surface area (Å²) in [5.41, 5.74) is 2.28. The maximum absolute atomic E-state index is 5.92. The summed E-state index contributed by atoms with van der Waals surface area (Å²) in [6.07, 6.45) is 3.09. The zero-order valence-electron chi connectivity index (χ0n) is 15.7. The van der Waals surface area contributed by atoms with E-state index in [4.69, 9.17) is 4.74 Å². The molecule has 5 nitrogen and oxygen atoms in total. The molecule has 146 valence electrons. The lowest BCUT2D eigenvalue weighted by Crippen LogP contribution is -2.49. The van der Waals surface area contributed by atoms with Gasteiger partial charge in [0.15, 0.2) is 0 Å². The Bertz CT molecular complexity index is 694. The Hall–Kier alpha value is -1.66. The van der Waals surface area contributed by atoms with Gasteiger partial charge in [0.1, 0.15) is 12.4 Å². The Morgan fingerprint density at radius 3 is 2.78 bits per heavy atom. The van der Waals surface area contributed by atoms with E-state index >= 15 is 0 Å². The second kappa shape index (κ2) is 10.0. The number of nitrogens with one attached hydrogen (secondary N) is 1. The molecule has 0 amide bonds. The van der Waals surface area contributed by atoms with E-state index in [2.05, 4.69) is 38.3 Å². The van der Waals surface area contributed by atoms with Gasteiger partial charge in [0.2, 0.25) is 0 Å². The van der Waals surface area contributed by atoms with Crippen LogP contribution in [0.4, 0.5) is 0 Å². The van der Waals surface area contributed by atoms with Gasteiger partial charge in [0, 0.05) is 58.1 Å². The van der Waals surface area contributed by atoms with Gasteiger partial charge in [-0.3, -0.25) is 14.8 Å². The molecular formula is C21H29ClN4O. The van der Waals surface area contributed by atoms with E-state index in [1.54, 1.807) is 6.20 Å². The Morgan fingerprint density at radius 2 is 1.96 bits per heavy atom. The van der Waals surface area contributed by atoms with Gasteiger partial charge in [-0.05, 0) is 36.2 Å². The first-order chi connectivity index (χ1) is 12.9. The molecule has 2 fully saturated rings. The van der Waals surface area contributed by atoms with Gasteiger partial charge in [0.25, 0.3) is 0 Å². The highest BCUT2D eigenvalue weighted by molar-refractivity contribution is 5.85. The van der Waals surface area contributed by atoms with Crippen molar-refractivity contribution in [3.05, 3.63) is 59.9 Å². The number of pyridine rings is 1. The maximum Gasteiger partial charge on any atom is 0.130 e. The maximum atomic E-state index is 5.92. The predicted molar refractivity (Wildman–Crippen MR) is 110 cm³/mol. The first-order valence-corrected chi connectivity index (χ1v) is 9.65. The molecule has 2 saturated heterocycles. The highest BCUT2D eigenvalue weighted by atomic mass is 35.5. The molecule has 1 N–H and O–H groups in total. The molecule has 0 aliphatic carbocycles. The zero-order valence-corrected chi connectivity index (χ0v) is 16.5. The molecule has 6 heteroatoms. The van der Waals surface area contributed by atoms with Crippen molar-refractivity contribution in [3.8, 4) is 5.75 Å². The number of nitrogens with zero attached hydrogens (tertiary/aromatic N) is 3. The number of piperazine rings is 1. The van der Waals surface area contributed by atoms with Gasteiger partial charge >= 0.3 is 0 Å². The van der Waals surface area contributed by atoms with Crippen LogP contribution in [0.15, 0.2) is 48.7 Å². The van der Waals surface area contributed by atoms with Crippen LogP contribution < -0.4 is 10.1 Å². The number of ether oxygens (including phenoxy) is 1. The third-order valence-electron chi connectivity index (χ3n) is 5.33. The first kappa shape index (κ1) is 20.1. The van der Waals surface area contributed by atoms with Crippen molar-refractivity contribution >= 4 is 12.4 Å². The van der Waals surface area contributed by atoms with Crippen LogP contribution in [0.1, 0.15) is 17.7 Å². The molecule has 0 saturated carbocycles. The number of benzene rings is 1. The lowest BCUT2D eigenvalue weighted by Gasteiger charge is -2.32. The summed E-state index contributed by atoms with van der Waals surface area (Å²) in [5, 5.41) is 3.45. The highest BCUT2D eigenvalue weighted by Gasteiger charge is 2.28. The van der Waals surface area contributed by atoms with E-state index < -0.39 is 0 Å². The van der Waals surface area contributed by atoms with Crippen molar-refractivity contribution in [1.82, 2.24) is 20.1 Å². The van der Waals surface area contributed by atoms with E-state index in [0.717, 1.165) is 37.1 Å². The molecule has 0 radical (unpaired) electrons. The standard InChI is InChI=1S/C21H28N4O.ClH/c1-2-8-23-19(5-1)17-26-21-6-3-4-18(14-21)15-24-11-7-20(16-24)25-12-9-22-10-13-25;/h1-6,8,14,20,22H,7,9-13,15-17H2;1H. The fourth-order valence-electron chi connectivity index (χ4n) is 3.93. The van der Waals surface area contributed by atoms with Crippen molar-refractivity contribution < 1.29 is 4.74 Å². The van der Waals surface area contributed by atoms with Crippen LogP contribution in [-0.4, -0.2) is 60.1 Å². The summed E-state index contributed by atoms with van der Waals surface area (Å²) < 4.78 is 5.92. The molecule has 1 aromatic carbocycles. The molecule has 1 aromatic heterocycles. The molecule has 1 unspecified atom stereocenters. The second-order valence-corrected chi connectivity index (χ2v) is 7.22. The van der Waals surface area contributed by atoms with Crippen LogP contribution in [-0.2, 0) is 13.2 Å². The van der Waals surface area contributed by atoms with E-state index in [1.807, 2.05) is 24.3 Å². The molecular weight excluding hydrogens is 360 g/mol. The minimum atomic E-state index is 0. The Morgan fingerprint density at radius 1 is 1.07 bits per heavy atom. The summed E-state index contributed by atoms with van der Waals surface area (Å²) in [4.78, 5) is 9.54. The van der Waals surface area contributed by atoms with Gasteiger partial charge in [-0.25, -0.2) is 0 Å². The average Bonchev–Trinajstić information content (AvgIpc) is 3.17. The molecule has 1 atom stereocenters. The topological polar surface area (TPSA) is 40.6 Å². The van der Waals surface area contributed by atoms with Crippen LogP contribution in [0.2, 0.25) is 0 Å². The molecule has 2 aliphatic rings. The summed E-state index contributed by atoms with van der Waals surface area (Å²) in [5.74, 6) is 0.922. The number of hydrogen-bond donors (Lipinski definition) is 1. The van der Waals surface area contributed by atoms with Crippen LogP contribution in [0.5, 0.6) is 5.75 Å². The van der Waals surface area contributed by atoms with E-state index in [0.29, 0.717) is 6.61 Å². The molecule has 0 spiro atoms. The Balaban J connectivity index is 0.00000210. The number of rotatable bonds is 6. The molecule has 3 heterocycles. The Kier molecular flexibility index (Phi) is 7.47. The predicted octanol–water partition coefficient (Wildman–Crippen LogP) is 2.56. The van der Waals surface area contributed by atoms with Gasteiger partial charge in [0.05, 0.1) is 5.69 Å². The second-order valence-electron chi connectivity index (χ2n) is 7.22. The summed E-state index contributed by atoms with van der Waals surface area (Å²) >= 11 is 0. The monoisotopic (exact) mass is 388 g/mol. The zero-order chi connectivity index (χ0) is 17.6. The molecule has 0 bridgehead atoms. The number of aromatic nitrogens is 1. The van der Waals surface area contributed by atoms with Crippen LogP contribution in [0.3, 0.4) is 0 Å². The van der Waals surface area contributed by atoms with Gasteiger partial charge < -0.3 is 10.1 Å². The number of likely N-dealkylation sites (tertiary alicyclic amines) is 1. The third kappa shape index (κ3) is 5.66. The molecule has 27 heavy (non-hydrogen) atoms. The fraction of sp³-hybridized carbons (Fsp3) is 0.476. The summed E-state index contributed by atoms with van der Waals surface area (Å²) in [6, 6.07) is 15.1. The van der Waals surface area contributed by atoms with E-state index in [9.17, 15) is 0 Å². The van der Waals surface area contributed by atoms with Crippen molar-refractivity contribution in [3.63, 3.8) is 0 Å². The van der Waals surface area contributed by atoms with Gasteiger partial charge in [-0.15, -0.1) is 12.4 Å². The van der Waals surface area contributed by atoms with Crippen molar-refractivity contribution in [2.45, 2.75) is 25.6 Å². The van der Waals surface area contributed by atoms with E-state index in [-0.39, 0.29) is 12.4 Å². The fourth-order valence-corrected chi connectivity index (χ4v) is 3.93. The van der Waals surface area contributed by atoms with Crippen LogP contribution >= 0.6 is 12.4 Å². The van der Waals surface area contributed by atoms with Crippen molar-refractivity contribution in [1.29, 1.82) is 0 Å². The van der Waals surface area contributed by atoms with Gasteiger partial charge in [-0.1, -0.05) is 18.2 Å². The van der Waals surface area contributed by atoms with Crippen LogP contribution in [0.25, 0.3) is 0 Å². The molecule has 2 aliphatic heterocycles. The summed E-state index contributed by atoms with van der Waals surface area (Å²) in [7, 11) is 0. The third-order valence-corrected chi connectivity index (χ3v) is 5.33. The summed E-state index contributed by atoms with van der Waals surface area (Å²) in [6.45, 7) is 8.53. The normalized spacial score (nSPS) is 21.0. The SMILES string of the molecule is Cl.c1ccc(COc2cccc(CN3CCC(N4CCNCC4)C3)c2)nc1. The van der Waals surface area contributed by atoms with Gasteiger partial charge in [-0.2, -0.15) is 0 Å². The highest BCUT2D eigenvalue weighted by Crippen LogP contribution is 2.21. The van der Waals surface area contributed by atoms with Crippen molar-refractivity contribution in [2.24, 2.45) is 0 Å². The van der Waals surface area contributed by atoms with Crippen molar-refractivity contribution in [2.75, 3.05) is 39.3 Å². The largest absolute Gasteiger partial charge is 0.487 e. The quantitative estimate of drug-likeness (QED) is 0.823. The minimum Gasteiger partial charge on any atom is -0.487 e. The molecule has 4 rings (SSSR count). The lowest BCUT2D eigenvalue weighted by atomic mass is 10.2. The average molecular weight is 389 g/mol. The van der Waals surface area contributed by atoms with E-state index in [1.165, 1.54) is 38.2 Å². The number of hydrogen-bond acceptors (Lipinski definition) is 5. The first-order valence-electron chi connectivity index (χ1n) is 9.65. The van der Waals surface area contributed by atoms with Crippen LogP contribution in [0, 0.1) is 0 Å².